The molecule has 1 aliphatic heterocycles. The van der Waals surface area contributed by atoms with Gasteiger partial charge < -0.3 is 24.7 Å². The average Bonchev–Trinajstić information content (AvgIpc) is 3.00. The van der Waals surface area contributed by atoms with Crippen molar-refractivity contribution in [3.63, 3.8) is 0 Å². The van der Waals surface area contributed by atoms with Crippen LogP contribution in [0, 0.1) is 40.5 Å². The molecule has 0 spiro atoms. The predicted octanol–water partition coefficient (Wildman–Crippen LogP) is -1.30. The zero-order valence-electron chi connectivity index (χ0n) is 13.0. The number of carbonyl (C=O) groups is 1. The molecule has 1 saturated heterocycles. The maximum atomic E-state index is 10.1. The van der Waals surface area contributed by atoms with Gasteiger partial charge in [-0.05, 0) is 6.42 Å². The fraction of sp³-hybridized carbons (Fsp3) is 0.875. The number of amides is 1. The summed E-state index contributed by atoms with van der Waals surface area (Å²) < 4.78 is 0. The van der Waals surface area contributed by atoms with Crippen molar-refractivity contribution < 1.29 is 44.5 Å². The fourth-order valence-corrected chi connectivity index (χ4v) is 1.01. The molecule has 0 aromatic rings. The Bertz CT molecular complexity index is 399. The molecule has 0 aromatic heterocycles. The first-order valence-electron chi connectivity index (χ1n) is 6.51. The Hall–Kier alpha value is -3.73. The van der Waals surface area contributed by atoms with Crippen molar-refractivity contribution in [1.82, 2.24) is 5.32 Å². The lowest BCUT2D eigenvalue weighted by molar-refractivity contribution is -0.780. The molecule has 18 heteroatoms. The minimum Gasteiger partial charge on any atom is -0.356 e. The van der Waals surface area contributed by atoms with E-state index in [0.717, 1.165) is 19.4 Å². The van der Waals surface area contributed by atoms with E-state index in [1.165, 1.54) is 0 Å². The zero-order valence-corrected chi connectivity index (χ0v) is 13.0. The van der Waals surface area contributed by atoms with Crippen molar-refractivity contribution in [2.45, 2.75) is 12.8 Å². The van der Waals surface area contributed by atoms with Gasteiger partial charge in [-0.25, -0.2) is 0 Å². The summed E-state index contributed by atoms with van der Waals surface area (Å²) in [6, 6.07) is 0. The summed E-state index contributed by atoms with van der Waals surface area (Å²) in [6.45, 7) is -0.858. The van der Waals surface area contributed by atoms with Crippen molar-refractivity contribution in [1.29, 1.82) is 0 Å². The van der Waals surface area contributed by atoms with Crippen LogP contribution in [-0.2, 0) is 24.1 Å². The Balaban J connectivity index is 0. The first kappa shape index (κ1) is 24.5. The molecule has 0 unspecified atom stereocenters. The maximum absolute atomic E-state index is 10.1. The number of nitrogens with one attached hydrogen (secondary N) is 1. The molecule has 18 nitrogen and oxygen atoms in total. The third-order valence-corrected chi connectivity index (χ3v) is 1.86. The standard InChI is InChI=1S/C4H7NO.2C2H4N2O6/c6-4-2-1-3-5-4;2*5-3(6)9-1-2-10-4(7)8/h1-3H2,(H,5,6);2*1-2H2. The van der Waals surface area contributed by atoms with E-state index in [1.54, 1.807) is 0 Å². The Kier molecular flexibility index (Phi) is 15.2. The van der Waals surface area contributed by atoms with Crippen molar-refractivity contribution >= 4 is 5.91 Å². The summed E-state index contributed by atoms with van der Waals surface area (Å²) in [6.07, 6.45) is 1.76. The number of hydrogen-bond donors (Lipinski definition) is 1. The quantitative estimate of drug-likeness (QED) is 0.260. The number of nitrogens with zero attached hydrogens (tertiary/aromatic N) is 4. The second kappa shape index (κ2) is 16.1. The molecule has 1 N–H and O–H groups in total. The second-order valence-electron chi connectivity index (χ2n) is 3.68. The smallest absolute Gasteiger partial charge is 0.294 e. The van der Waals surface area contributed by atoms with E-state index in [2.05, 4.69) is 24.7 Å². The van der Waals surface area contributed by atoms with E-state index >= 15 is 0 Å². The summed E-state index contributed by atoms with van der Waals surface area (Å²) >= 11 is 0. The van der Waals surface area contributed by atoms with E-state index in [1.807, 2.05) is 0 Å². The largest absolute Gasteiger partial charge is 0.356 e. The van der Waals surface area contributed by atoms with Crippen LogP contribution in [0.4, 0.5) is 0 Å². The van der Waals surface area contributed by atoms with Crippen LogP contribution in [-0.4, -0.2) is 59.2 Å². The summed E-state index contributed by atoms with van der Waals surface area (Å²) in [5.41, 5.74) is 0. The van der Waals surface area contributed by atoms with E-state index in [9.17, 15) is 45.3 Å². The molecule has 150 valence electrons. The van der Waals surface area contributed by atoms with E-state index in [-0.39, 0.29) is 5.91 Å². The number of rotatable bonds is 10. The van der Waals surface area contributed by atoms with Gasteiger partial charge in [-0.3, -0.25) is 4.79 Å². The highest BCUT2D eigenvalue weighted by Gasteiger charge is 2.05. The molecule has 0 aliphatic carbocycles. The summed E-state index contributed by atoms with van der Waals surface area (Å²) in [5.74, 6) is 0.204. The zero-order chi connectivity index (χ0) is 20.4. The summed E-state index contributed by atoms with van der Waals surface area (Å²) in [5, 5.41) is 36.1. The minimum atomic E-state index is -1.05. The van der Waals surface area contributed by atoms with Gasteiger partial charge in [0, 0.05) is 13.0 Å². The highest BCUT2D eigenvalue weighted by molar-refractivity contribution is 5.77. The van der Waals surface area contributed by atoms with Gasteiger partial charge in [-0.15, -0.1) is 40.5 Å². The first-order chi connectivity index (χ1) is 12.1. The van der Waals surface area contributed by atoms with Gasteiger partial charge in [0.2, 0.25) is 5.91 Å². The molecule has 1 amide bonds. The normalized spacial score (nSPS) is 11.3. The molecule has 1 fully saturated rings. The van der Waals surface area contributed by atoms with Crippen LogP contribution < -0.4 is 5.32 Å². The monoisotopic (exact) mass is 389 g/mol. The van der Waals surface area contributed by atoms with Gasteiger partial charge in [0.1, 0.15) is 26.4 Å². The van der Waals surface area contributed by atoms with Crippen LogP contribution in [0.2, 0.25) is 0 Å². The molecular weight excluding hydrogens is 374 g/mol. The number of hydrogen-bond acceptors (Lipinski definition) is 13. The predicted molar refractivity (Wildman–Crippen MR) is 74.0 cm³/mol. The van der Waals surface area contributed by atoms with Crippen molar-refractivity contribution in [2.24, 2.45) is 0 Å². The molecular formula is C8H15N5O13. The van der Waals surface area contributed by atoms with E-state index < -0.39 is 46.8 Å². The molecule has 0 radical (unpaired) electrons. The van der Waals surface area contributed by atoms with Gasteiger partial charge >= 0.3 is 0 Å². The molecule has 0 saturated carbocycles. The average molecular weight is 389 g/mol. The van der Waals surface area contributed by atoms with Crippen LogP contribution >= 0.6 is 0 Å². The van der Waals surface area contributed by atoms with Crippen LogP contribution in [0.3, 0.4) is 0 Å². The Morgan fingerprint density at radius 3 is 1.15 bits per heavy atom. The topological polar surface area (TPSA) is 239 Å². The van der Waals surface area contributed by atoms with Gasteiger partial charge in [-0.2, -0.15) is 0 Å². The van der Waals surface area contributed by atoms with Crippen LogP contribution in [0.1, 0.15) is 12.8 Å². The van der Waals surface area contributed by atoms with Gasteiger partial charge in [-0.1, -0.05) is 0 Å². The SMILES string of the molecule is O=C1CCCN1.O=[N+]([O-])OCCO[N+](=O)[O-].O=[N+]([O-])OCCO[N+](=O)[O-]. The van der Waals surface area contributed by atoms with Crippen LogP contribution in [0.25, 0.3) is 0 Å². The lowest BCUT2D eigenvalue weighted by Crippen LogP contribution is -2.12. The van der Waals surface area contributed by atoms with Crippen LogP contribution in [0.15, 0.2) is 0 Å². The Labute approximate surface area is 143 Å². The Morgan fingerprint density at radius 1 is 0.731 bits per heavy atom. The maximum Gasteiger partial charge on any atom is 0.294 e. The van der Waals surface area contributed by atoms with Crippen LogP contribution in [0.5, 0.6) is 0 Å². The van der Waals surface area contributed by atoms with Crippen molar-refractivity contribution in [3.8, 4) is 0 Å². The third kappa shape index (κ3) is 25.2. The molecule has 0 aromatic carbocycles. The minimum absolute atomic E-state index is 0.204. The third-order valence-electron chi connectivity index (χ3n) is 1.86. The molecule has 0 bridgehead atoms. The van der Waals surface area contributed by atoms with Gasteiger partial charge in [0.05, 0.1) is 0 Å². The fourth-order valence-electron chi connectivity index (χ4n) is 1.01. The molecule has 0 atom stereocenters. The molecule has 1 rings (SSSR count). The van der Waals surface area contributed by atoms with Crippen molar-refractivity contribution in [2.75, 3.05) is 33.0 Å². The highest BCUT2D eigenvalue weighted by Crippen LogP contribution is 1.93. The summed E-state index contributed by atoms with van der Waals surface area (Å²) in [4.78, 5) is 62.5. The lowest BCUT2D eigenvalue weighted by Gasteiger charge is -1.95. The molecule has 26 heavy (non-hydrogen) atoms. The Morgan fingerprint density at radius 2 is 1.04 bits per heavy atom. The molecule has 1 heterocycles. The first-order valence-corrected chi connectivity index (χ1v) is 6.51. The second-order valence-corrected chi connectivity index (χ2v) is 3.68. The van der Waals surface area contributed by atoms with E-state index in [4.69, 9.17) is 0 Å². The number of carbonyl (C=O) groups excluding carboxylic acids is 1. The van der Waals surface area contributed by atoms with E-state index in [0.29, 0.717) is 0 Å². The van der Waals surface area contributed by atoms with Gasteiger partial charge in [0.15, 0.2) is 0 Å². The molecule has 1 aliphatic rings. The van der Waals surface area contributed by atoms with Crippen molar-refractivity contribution in [3.05, 3.63) is 40.5 Å². The summed E-state index contributed by atoms with van der Waals surface area (Å²) in [7, 11) is 0. The highest BCUT2D eigenvalue weighted by atomic mass is 17.0. The lowest BCUT2D eigenvalue weighted by atomic mass is 10.4. The van der Waals surface area contributed by atoms with Gasteiger partial charge in [0.25, 0.3) is 20.3 Å².